The number of amides is 1. The van der Waals surface area contributed by atoms with Gasteiger partial charge in [-0.2, -0.15) is 0 Å². The number of nitrogens with zero attached hydrogens (tertiary/aromatic N) is 5. The van der Waals surface area contributed by atoms with Crippen LogP contribution >= 0.6 is 11.8 Å². The SMILES string of the molecule is CSc1ncc(CN2CCC3(CC2)c2nc[nH]c2CCN3C(=O)C2CC2)cn1. The molecule has 3 aliphatic rings. The number of H-pyrrole nitrogens is 1. The van der Waals surface area contributed by atoms with Gasteiger partial charge in [-0.25, -0.2) is 15.0 Å². The maximum absolute atomic E-state index is 13.1. The summed E-state index contributed by atoms with van der Waals surface area (Å²) in [5.74, 6) is 0.602. The van der Waals surface area contributed by atoms with Crippen molar-refractivity contribution in [1.82, 2.24) is 29.7 Å². The number of aromatic amines is 1. The second-order valence-corrected chi connectivity index (χ2v) is 8.90. The van der Waals surface area contributed by atoms with Gasteiger partial charge in [0.15, 0.2) is 5.16 Å². The number of carbonyl (C=O) groups is 1. The molecule has 28 heavy (non-hydrogen) atoms. The first-order valence-electron chi connectivity index (χ1n) is 10.1. The van der Waals surface area contributed by atoms with E-state index in [2.05, 4.69) is 29.7 Å². The van der Waals surface area contributed by atoms with Crippen molar-refractivity contribution in [3.8, 4) is 0 Å². The van der Waals surface area contributed by atoms with Crippen LogP contribution in [-0.2, 0) is 23.3 Å². The minimum absolute atomic E-state index is 0.233. The number of aromatic nitrogens is 4. The molecule has 0 aromatic carbocycles. The Morgan fingerprint density at radius 1 is 1.21 bits per heavy atom. The number of likely N-dealkylation sites (tertiary alicyclic amines) is 1. The zero-order valence-electron chi connectivity index (χ0n) is 16.2. The number of hydrogen-bond acceptors (Lipinski definition) is 6. The highest BCUT2D eigenvalue weighted by molar-refractivity contribution is 7.98. The van der Waals surface area contributed by atoms with Crippen LogP contribution in [0, 0.1) is 5.92 Å². The van der Waals surface area contributed by atoms with Crippen LogP contribution in [0.15, 0.2) is 23.9 Å². The summed E-state index contributed by atoms with van der Waals surface area (Å²) in [6.45, 7) is 3.57. The normalized spacial score (nSPS) is 21.7. The Bertz CT molecular complexity index is 854. The van der Waals surface area contributed by atoms with Gasteiger partial charge in [-0.05, 0) is 31.9 Å². The maximum atomic E-state index is 13.1. The van der Waals surface area contributed by atoms with Crippen molar-refractivity contribution in [3.05, 3.63) is 35.7 Å². The summed E-state index contributed by atoms with van der Waals surface area (Å²) in [7, 11) is 0. The van der Waals surface area contributed by atoms with E-state index in [1.807, 2.05) is 18.6 Å². The fourth-order valence-corrected chi connectivity index (χ4v) is 5.04. The zero-order valence-corrected chi connectivity index (χ0v) is 17.0. The van der Waals surface area contributed by atoms with Crippen LogP contribution in [0.25, 0.3) is 0 Å². The highest BCUT2D eigenvalue weighted by Crippen LogP contribution is 2.45. The molecule has 2 fully saturated rings. The Balaban J connectivity index is 1.34. The average molecular weight is 399 g/mol. The third kappa shape index (κ3) is 3.12. The first kappa shape index (κ1) is 18.1. The van der Waals surface area contributed by atoms with E-state index in [1.165, 1.54) is 5.69 Å². The topological polar surface area (TPSA) is 78.0 Å². The number of carbonyl (C=O) groups excluding carboxylic acids is 1. The number of nitrogens with one attached hydrogen (secondary N) is 1. The van der Waals surface area contributed by atoms with Crippen molar-refractivity contribution in [2.24, 2.45) is 5.92 Å². The van der Waals surface area contributed by atoms with Crippen molar-refractivity contribution in [2.75, 3.05) is 25.9 Å². The molecular formula is C20H26N6OS. The first-order valence-corrected chi connectivity index (χ1v) is 11.3. The van der Waals surface area contributed by atoms with E-state index in [4.69, 9.17) is 0 Å². The average Bonchev–Trinajstić information content (AvgIpc) is 3.47. The molecule has 1 saturated heterocycles. The Labute approximate surface area is 169 Å². The molecule has 1 spiro atoms. The van der Waals surface area contributed by atoms with Crippen LogP contribution in [0.2, 0.25) is 0 Å². The van der Waals surface area contributed by atoms with E-state index in [9.17, 15) is 4.79 Å². The second-order valence-electron chi connectivity index (χ2n) is 8.13. The van der Waals surface area contributed by atoms with Gasteiger partial charge in [0.2, 0.25) is 5.91 Å². The summed E-state index contributed by atoms with van der Waals surface area (Å²) >= 11 is 1.56. The van der Waals surface area contributed by atoms with E-state index < -0.39 is 0 Å². The Hall–Kier alpha value is -1.93. The fourth-order valence-electron chi connectivity index (χ4n) is 4.73. The number of hydrogen-bond donors (Lipinski definition) is 1. The van der Waals surface area contributed by atoms with Crippen molar-refractivity contribution >= 4 is 17.7 Å². The third-order valence-corrected chi connectivity index (χ3v) is 6.98. The summed E-state index contributed by atoms with van der Waals surface area (Å²) in [5, 5.41) is 0.809. The molecule has 0 atom stereocenters. The predicted octanol–water partition coefficient (Wildman–Crippen LogP) is 2.21. The van der Waals surface area contributed by atoms with Crippen LogP contribution in [0.1, 0.15) is 42.6 Å². The molecule has 8 heteroatoms. The van der Waals surface area contributed by atoms with Gasteiger partial charge < -0.3 is 9.88 Å². The van der Waals surface area contributed by atoms with Gasteiger partial charge in [0, 0.05) is 62.2 Å². The molecule has 1 saturated carbocycles. The van der Waals surface area contributed by atoms with E-state index in [0.717, 1.165) is 74.7 Å². The molecule has 0 bridgehead atoms. The van der Waals surface area contributed by atoms with Gasteiger partial charge in [0.25, 0.3) is 0 Å². The summed E-state index contributed by atoms with van der Waals surface area (Å²) in [6, 6.07) is 0. The summed E-state index contributed by atoms with van der Waals surface area (Å²) in [5.41, 5.74) is 3.24. The monoisotopic (exact) mass is 398 g/mol. The van der Waals surface area contributed by atoms with Gasteiger partial charge in [-0.1, -0.05) is 11.8 Å². The van der Waals surface area contributed by atoms with E-state index in [0.29, 0.717) is 5.91 Å². The largest absolute Gasteiger partial charge is 0.348 e. The van der Waals surface area contributed by atoms with Crippen LogP contribution in [0.3, 0.4) is 0 Å². The summed E-state index contributed by atoms with van der Waals surface area (Å²) in [4.78, 5) is 34.5. The van der Waals surface area contributed by atoms with Gasteiger partial charge in [-0.15, -0.1) is 0 Å². The molecule has 2 aromatic heterocycles. The van der Waals surface area contributed by atoms with Crippen molar-refractivity contribution in [3.63, 3.8) is 0 Å². The zero-order chi connectivity index (χ0) is 19.1. The molecule has 148 valence electrons. The lowest BCUT2D eigenvalue weighted by atomic mass is 9.78. The summed E-state index contributed by atoms with van der Waals surface area (Å²) < 4.78 is 0. The molecule has 7 nitrogen and oxygen atoms in total. The molecule has 4 heterocycles. The molecule has 1 amide bonds. The molecular weight excluding hydrogens is 372 g/mol. The molecule has 1 aliphatic carbocycles. The Kier molecular flexibility index (Phi) is 4.63. The van der Waals surface area contributed by atoms with Gasteiger partial charge >= 0.3 is 0 Å². The molecule has 0 radical (unpaired) electrons. The molecule has 2 aliphatic heterocycles. The Morgan fingerprint density at radius 2 is 1.96 bits per heavy atom. The minimum Gasteiger partial charge on any atom is -0.348 e. The van der Waals surface area contributed by atoms with Crippen LogP contribution in [-0.4, -0.2) is 61.5 Å². The third-order valence-electron chi connectivity index (χ3n) is 6.41. The lowest BCUT2D eigenvalue weighted by molar-refractivity contribution is -0.143. The van der Waals surface area contributed by atoms with Gasteiger partial charge in [0.1, 0.15) is 0 Å². The summed E-state index contributed by atoms with van der Waals surface area (Å²) in [6.07, 6.45) is 12.5. The van der Waals surface area contributed by atoms with Crippen molar-refractivity contribution in [1.29, 1.82) is 0 Å². The molecule has 5 rings (SSSR count). The lowest BCUT2D eigenvalue weighted by Crippen LogP contribution is -2.58. The number of imidazole rings is 1. The standard InChI is InChI=1S/C20H26N6OS/c1-28-19-21-10-14(11-22-19)12-25-8-5-20(6-9-25)17-16(23-13-24-17)4-7-26(20)18(27)15-2-3-15/h10-11,13,15H,2-9,12H2,1H3,(H,23,24). The highest BCUT2D eigenvalue weighted by atomic mass is 32.2. The van der Waals surface area contributed by atoms with Crippen molar-refractivity contribution < 1.29 is 4.79 Å². The smallest absolute Gasteiger partial charge is 0.226 e. The van der Waals surface area contributed by atoms with E-state index in [-0.39, 0.29) is 11.5 Å². The van der Waals surface area contributed by atoms with Gasteiger partial charge in [0.05, 0.1) is 17.6 Å². The maximum Gasteiger partial charge on any atom is 0.226 e. The highest BCUT2D eigenvalue weighted by Gasteiger charge is 2.50. The predicted molar refractivity (Wildman–Crippen MR) is 107 cm³/mol. The Morgan fingerprint density at radius 3 is 2.64 bits per heavy atom. The number of piperidine rings is 1. The first-order chi connectivity index (χ1) is 13.7. The van der Waals surface area contributed by atoms with E-state index in [1.54, 1.807) is 18.1 Å². The molecule has 1 N–H and O–H groups in total. The number of thioether (sulfide) groups is 1. The quantitative estimate of drug-likeness (QED) is 0.628. The van der Waals surface area contributed by atoms with Crippen molar-refractivity contribution in [2.45, 2.75) is 49.3 Å². The van der Waals surface area contributed by atoms with Gasteiger partial charge in [-0.3, -0.25) is 9.69 Å². The number of rotatable bonds is 4. The molecule has 0 unspecified atom stereocenters. The van der Waals surface area contributed by atoms with Crippen LogP contribution in [0.5, 0.6) is 0 Å². The van der Waals surface area contributed by atoms with E-state index >= 15 is 0 Å². The van der Waals surface area contributed by atoms with Crippen LogP contribution in [0.4, 0.5) is 0 Å². The lowest BCUT2D eigenvalue weighted by Gasteiger charge is -2.50. The molecule has 2 aromatic rings. The minimum atomic E-state index is -0.233. The number of fused-ring (bicyclic) bond motifs is 2. The second kappa shape index (κ2) is 7.15. The van der Waals surface area contributed by atoms with Crippen LogP contribution < -0.4 is 0 Å². The fraction of sp³-hybridized carbons (Fsp3) is 0.600.